The summed E-state index contributed by atoms with van der Waals surface area (Å²) in [6.45, 7) is 1.87. The van der Waals surface area contributed by atoms with Crippen molar-refractivity contribution in [1.82, 2.24) is 0 Å². The fourth-order valence-electron chi connectivity index (χ4n) is 1.80. The lowest BCUT2D eigenvalue weighted by Gasteiger charge is -2.11. The second-order valence-corrected chi connectivity index (χ2v) is 6.66. The Bertz CT molecular complexity index is 641. The summed E-state index contributed by atoms with van der Waals surface area (Å²) in [4.78, 5) is 13.3. The van der Waals surface area contributed by atoms with Gasteiger partial charge in [0.1, 0.15) is 5.75 Å². The van der Waals surface area contributed by atoms with Gasteiger partial charge in [-0.3, -0.25) is 4.79 Å². The minimum atomic E-state index is -0.212. The lowest BCUT2D eigenvalue weighted by Crippen LogP contribution is -2.13. The van der Waals surface area contributed by atoms with E-state index < -0.39 is 0 Å². The fourth-order valence-corrected chi connectivity index (χ4v) is 3.14. The Labute approximate surface area is 138 Å². The lowest BCUT2D eigenvalue weighted by molar-refractivity contribution is 0.0994. The van der Waals surface area contributed by atoms with Crippen LogP contribution < -0.4 is 4.74 Å². The zero-order chi connectivity index (χ0) is 15.4. The Kier molecular flexibility index (Phi) is 5.57. The maximum absolute atomic E-state index is 12.4. The molecule has 21 heavy (non-hydrogen) atoms. The van der Waals surface area contributed by atoms with Crippen LogP contribution in [-0.2, 0) is 0 Å². The molecule has 0 saturated carbocycles. The van der Waals surface area contributed by atoms with Crippen molar-refractivity contribution >= 4 is 40.7 Å². The Morgan fingerprint density at radius 2 is 1.76 bits per heavy atom. The quantitative estimate of drug-likeness (QED) is 0.540. The molecule has 5 heteroatoms. The molecule has 2 aromatic carbocycles. The standard InChI is InChI=1S/C16H14Cl2O2S/c1-10(21-13-7-8-14(17)15(18)9-13)16(19)11-3-5-12(20-2)6-4-11/h3-10H,1-2H3. The summed E-state index contributed by atoms with van der Waals surface area (Å²) in [5, 5.41) is 0.788. The molecule has 0 fully saturated rings. The molecule has 0 aliphatic rings. The summed E-state index contributed by atoms with van der Waals surface area (Å²) in [7, 11) is 1.60. The number of thioether (sulfide) groups is 1. The minimum absolute atomic E-state index is 0.0636. The van der Waals surface area contributed by atoms with Crippen molar-refractivity contribution in [2.24, 2.45) is 0 Å². The first-order valence-electron chi connectivity index (χ1n) is 6.31. The van der Waals surface area contributed by atoms with Crippen LogP contribution in [0.15, 0.2) is 47.4 Å². The molecule has 2 nitrogen and oxygen atoms in total. The Morgan fingerprint density at radius 3 is 2.33 bits per heavy atom. The van der Waals surface area contributed by atoms with Crippen LogP contribution in [-0.4, -0.2) is 18.1 Å². The predicted molar refractivity (Wildman–Crippen MR) is 89.1 cm³/mol. The molecule has 0 amide bonds. The smallest absolute Gasteiger partial charge is 0.175 e. The van der Waals surface area contributed by atoms with E-state index in [1.165, 1.54) is 11.8 Å². The molecular weight excluding hydrogens is 327 g/mol. The van der Waals surface area contributed by atoms with Crippen LogP contribution in [0.1, 0.15) is 17.3 Å². The second kappa shape index (κ2) is 7.21. The van der Waals surface area contributed by atoms with Gasteiger partial charge in [0.2, 0.25) is 0 Å². The average Bonchev–Trinajstić information content (AvgIpc) is 2.50. The zero-order valence-corrected chi connectivity index (χ0v) is 13.9. The molecular formula is C16H14Cl2O2S. The SMILES string of the molecule is COc1ccc(C(=O)C(C)Sc2ccc(Cl)c(Cl)c2)cc1. The summed E-state index contributed by atoms with van der Waals surface area (Å²) >= 11 is 13.3. The van der Waals surface area contributed by atoms with E-state index in [0.717, 1.165) is 10.6 Å². The van der Waals surface area contributed by atoms with Crippen molar-refractivity contribution in [3.05, 3.63) is 58.1 Å². The van der Waals surface area contributed by atoms with Gasteiger partial charge < -0.3 is 4.74 Å². The number of ketones is 1. The normalized spacial score (nSPS) is 12.0. The van der Waals surface area contributed by atoms with E-state index >= 15 is 0 Å². The molecule has 2 rings (SSSR count). The zero-order valence-electron chi connectivity index (χ0n) is 11.6. The molecule has 0 aliphatic heterocycles. The van der Waals surface area contributed by atoms with Gasteiger partial charge in [-0.25, -0.2) is 0 Å². The molecule has 2 aromatic rings. The molecule has 0 aliphatic carbocycles. The first-order valence-corrected chi connectivity index (χ1v) is 7.95. The second-order valence-electron chi connectivity index (χ2n) is 4.43. The van der Waals surface area contributed by atoms with E-state index in [4.69, 9.17) is 27.9 Å². The van der Waals surface area contributed by atoms with Crippen LogP contribution in [0.5, 0.6) is 5.75 Å². The molecule has 0 bridgehead atoms. The van der Waals surface area contributed by atoms with Crippen molar-refractivity contribution in [2.45, 2.75) is 17.1 Å². The van der Waals surface area contributed by atoms with E-state index in [1.807, 2.05) is 13.0 Å². The minimum Gasteiger partial charge on any atom is -0.497 e. The maximum atomic E-state index is 12.4. The molecule has 110 valence electrons. The Morgan fingerprint density at radius 1 is 1.10 bits per heavy atom. The molecule has 1 atom stereocenters. The van der Waals surface area contributed by atoms with Crippen molar-refractivity contribution in [1.29, 1.82) is 0 Å². The Hall–Kier alpha value is -1.16. The van der Waals surface area contributed by atoms with Crippen molar-refractivity contribution in [3.8, 4) is 5.75 Å². The molecule has 0 saturated heterocycles. The highest BCUT2D eigenvalue weighted by Crippen LogP contribution is 2.31. The van der Waals surface area contributed by atoms with Crippen molar-refractivity contribution in [3.63, 3.8) is 0 Å². The molecule has 1 unspecified atom stereocenters. The van der Waals surface area contributed by atoms with E-state index in [0.29, 0.717) is 15.6 Å². The van der Waals surface area contributed by atoms with Crippen molar-refractivity contribution < 1.29 is 9.53 Å². The first-order chi connectivity index (χ1) is 10.0. The predicted octanol–water partition coefficient (Wildman–Crippen LogP) is 5.37. The summed E-state index contributed by atoms with van der Waals surface area (Å²) in [5.41, 5.74) is 0.663. The summed E-state index contributed by atoms with van der Waals surface area (Å²) in [5.74, 6) is 0.796. The molecule has 0 heterocycles. The van der Waals surface area contributed by atoms with Gasteiger partial charge in [0.15, 0.2) is 5.78 Å². The van der Waals surface area contributed by atoms with Crippen LogP contribution in [0.25, 0.3) is 0 Å². The number of hydrogen-bond donors (Lipinski definition) is 0. The number of ether oxygens (including phenoxy) is 1. The van der Waals surface area contributed by atoms with Gasteiger partial charge in [-0.1, -0.05) is 23.2 Å². The summed E-state index contributed by atoms with van der Waals surface area (Å²) in [6, 6.07) is 12.5. The van der Waals surface area contributed by atoms with Crippen LogP contribution in [0, 0.1) is 0 Å². The monoisotopic (exact) mass is 340 g/mol. The number of benzene rings is 2. The van der Waals surface area contributed by atoms with Gasteiger partial charge in [-0.05, 0) is 49.4 Å². The molecule has 0 spiro atoms. The highest BCUT2D eigenvalue weighted by atomic mass is 35.5. The number of methoxy groups -OCH3 is 1. The Balaban J connectivity index is 2.09. The number of Topliss-reactive ketones (excluding diaryl/α,β-unsaturated/α-hetero) is 1. The largest absolute Gasteiger partial charge is 0.497 e. The van der Waals surface area contributed by atoms with Crippen LogP contribution in [0.3, 0.4) is 0 Å². The van der Waals surface area contributed by atoms with E-state index in [-0.39, 0.29) is 11.0 Å². The van der Waals surface area contributed by atoms with E-state index in [2.05, 4.69) is 0 Å². The van der Waals surface area contributed by atoms with Gasteiger partial charge in [0.25, 0.3) is 0 Å². The topological polar surface area (TPSA) is 26.3 Å². The van der Waals surface area contributed by atoms with Gasteiger partial charge in [0, 0.05) is 10.5 Å². The van der Waals surface area contributed by atoms with Gasteiger partial charge >= 0.3 is 0 Å². The van der Waals surface area contributed by atoms with Crippen molar-refractivity contribution in [2.75, 3.05) is 7.11 Å². The van der Waals surface area contributed by atoms with Crippen LogP contribution in [0.4, 0.5) is 0 Å². The third-order valence-electron chi connectivity index (χ3n) is 2.95. The highest BCUT2D eigenvalue weighted by Gasteiger charge is 2.17. The number of rotatable bonds is 5. The molecule has 0 N–H and O–H groups in total. The number of carbonyl (C=O) groups is 1. The van der Waals surface area contributed by atoms with E-state index in [1.54, 1.807) is 43.5 Å². The van der Waals surface area contributed by atoms with Crippen LogP contribution >= 0.6 is 35.0 Å². The van der Waals surface area contributed by atoms with Gasteiger partial charge in [0.05, 0.1) is 22.4 Å². The average molecular weight is 341 g/mol. The van der Waals surface area contributed by atoms with Crippen LogP contribution in [0.2, 0.25) is 10.0 Å². The third kappa shape index (κ3) is 4.16. The fraction of sp³-hybridized carbons (Fsp3) is 0.188. The number of halogens is 2. The number of hydrogen-bond acceptors (Lipinski definition) is 3. The molecule has 0 aromatic heterocycles. The third-order valence-corrected chi connectivity index (χ3v) is 4.78. The van der Waals surface area contributed by atoms with Gasteiger partial charge in [-0.2, -0.15) is 0 Å². The molecule has 0 radical (unpaired) electrons. The first kappa shape index (κ1) is 16.2. The maximum Gasteiger partial charge on any atom is 0.175 e. The summed E-state index contributed by atoms with van der Waals surface area (Å²) < 4.78 is 5.09. The van der Waals surface area contributed by atoms with E-state index in [9.17, 15) is 4.79 Å². The van der Waals surface area contributed by atoms with Gasteiger partial charge in [-0.15, -0.1) is 11.8 Å². The highest BCUT2D eigenvalue weighted by molar-refractivity contribution is 8.00. The summed E-state index contributed by atoms with van der Waals surface area (Å²) in [6.07, 6.45) is 0. The lowest BCUT2D eigenvalue weighted by atomic mass is 10.1. The number of carbonyl (C=O) groups excluding carboxylic acids is 1.